The second-order valence-corrected chi connectivity index (χ2v) is 8.07. The van der Waals surface area contributed by atoms with E-state index >= 15 is 0 Å². The number of carbonyl (C=O) groups is 1. The van der Waals surface area contributed by atoms with Crippen molar-refractivity contribution in [1.29, 1.82) is 0 Å². The number of halogens is 4. The van der Waals surface area contributed by atoms with E-state index in [0.29, 0.717) is 0 Å². The van der Waals surface area contributed by atoms with Crippen LogP contribution in [0.15, 0.2) is 22.2 Å². The highest BCUT2D eigenvalue weighted by molar-refractivity contribution is 9.10. The minimum absolute atomic E-state index is 0.111. The largest absolute Gasteiger partial charge is 0.475 e. The van der Waals surface area contributed by atoms with E-state index in [4.69, 9.17) is 15.1 Å². The molecule has 1 aromatic carbocycles. The van der Waals surface area contributed by atoms with E-state index in [2.05, 4.69) is 42.6 Å². The van der Waals surface area contributed by atoms with E-state index < -0.39 is 47.9 Å². The summed E-state index contributed by atoms with van der Waals surface area (Å²) < 4.78 is 49.1. The van der Waals surface area contributed by atoms with Crippen molar-refractivity contribution in [3.05, 3.63) is 33.3 Å². The zero-order valence-electron chi connectivity index (χ0n) is 18.4. The van der Waals surface area contributed by atoms with Crippen LogP contribution in [0.5, 0.6) is 5.75 Å². The van der Waals surface area contributed by atoms with Crippen LogP contribution in [0.2, 0.25) is 0 Å². The number of aliphatic hydroxyl groups is 4. The fourth-order valence-electron chi connectivity index (χ4n) is 2.19. The number of nitrogens with one attached hydrogen (secondary N) is 1. The van der Waals surface area contributed by atoms with Crippen molar-refractivity contribution in [2.45, 2.75) is 37.6 Å². The molecule has 0 saturated heterocycles. The van der Waals surface area contributed by atoms with Crippen LogP contribution >= 0.6 is 15.9 Å². The van der Waals surface area contributed by atoms with Crippen LogP contribution in [-0.2, 0) is 20.3 Å². The summed E-state index contributed by atoms with van der Waals surface area (Å²) in [5.74, 6) is 1.37. The number of carbonyl (C=O) groups excluding carboxylic acids is 1. The first-order chi connectivity index (χ1) is 15.6. The monoisotopic (exact) mass is 566 g/mol. The number of aliphatic hydroxyl groups excluding tert-OH is 1. The Labute approximate surface area is 200 Å². The molecular weight excluding hydrogens is 539 g/mol. The zero-order chi connectivity index (χ0) is 26.9. The van der Waals surface area contributed by atoms with Gasteiger partial charge in [-0.1, -0.05) is 15.9 Å². The van der Waals surface area contributed by atoms with Gasteiger partial charge in [-0.05, 0) is 39.1 Å². The Morgan fingerprint density at radius 2 is 1.82 bits per heavy atom. The second-order valence-electron chi connectivity index (χ2n) is 7.15. The molecule has 0 amide bonds. The van der Waals surface area contributed by atoms with Crippen molar-refractivity contribution < 1.29 is 63.8 Å². The van der Waals surface area contributed by atoms with Gasteiger partial charge < -0.3 is 35.2 Å². The number of nitrogens with two attached hydrogens (primary N) is 1. The highest BCUT2D eigenvalue weighted by Crippen LogP contribution is 2.42. The van der Waals surface area contributed by atoms with E-state index in [1.54, 1.807) is 0 Å². The van der Waals surface area contributed by atoms with Crippen LogP contribution in [0.3, 0.4) is 0 Å². The van der Waals surface area contributed by atoms with Gasteiger partial charge in [-0.3, -0.25) is 4.84 Å². The van der Waals surface area contributed by atoms with Gasteiger partial charge in [0.25, 0.3) is 0 Å². The molecular formula is C18H28BrF3N3O9+. The van der Waals surface area contributed by atoms with Gasteiger partial charge in [0, 0.05) is 15.6 Å². The van der Waals surface area contributed by atoms with Crippen molar-refractivity contribution in [2.24, 2.45) is 5.90 Å². The Hall–Kier alpha value is -1.86. The van der Waals surface area contributed by atoms with E-state index in [0.717, 1.165) is 12.1 Å². The number of esters is 1. The normalized spacial score (nSPS) is 15.5. The average molecular weight is 567 g/mol. The average Bonchev–Trinajstić information content (AvgIpc) is 2.76. The summed E-state index contributed by atoms with van der Waals surface area (Å²) in [4.78, 5) is 15.8. The molecule has 0 aliphatic carbocycles. The summed E-state index contributed by atoms with van der Waals surface area (Å²) in [5.41, 5.74) is -1.91. The summed E-state index contributed by atoms with van der Waals surface area (Å²) in [5, 5.41) is 46.2. The predicted molar refractivity (Wildman–Crippen MR) is 112 cm³/mol. The lowest BCUT2D eigenvalue weighted by Gasteiger charge is -2.30. The maximum absolute atomic E-state index is 13.2. The summed E-state index contributed by atoms with van der Waals surface area (Å²) in [6.45, 7) is 3.27. The fraction of sp³-hybridized carbons (Fsp3) is 0.500. The molecule has 16 heteroatoms. The van der Waals surface area contributed by atoms with Crippen molar-refractivity contribution >= 4 is 28.0 Å². The lowest BCUT2D eigenvalue weighted by atomic mass is 9.98. The first-order valence-electron chi connectivity index (χ1n) is 9.13. The third kappa shape index (κ3) is 9.41. The van der Waals surface area contributed by atoms with Crippen molar-refractivity contribution in [2.75, 3.05) is 20.4 Å². The first-order valence-corrected chi connectivity index (χ1v) is 9.93. The number of hydrogen-bond donors (Lipinski definition) is 8. The van der Waals surface area contributed by atoms with Gasteiger partial charge in [-0.2, -0.15) is 13.2 Å². The topological polar surface area (TPSA) is 212 Å². The van der Waals surface area contributed by atoms with Gasteiger partial charge in [0.2, 0.25) is 12.9 Å². The summed E-state index contributed by atoms with van der Waals surface area (Å²) in [7, 11) is 1.83. The van der Waals surface area contributed by atoms with Crippen LogP contribution in [0, 0.1) is 0 Å². The fourth-order valence-corrected chi connectivity index (χ4v) is 2.66. The number of benzene rings is 1. The number of hydrogen-bond acceptors (Lipinski definition) is 11. The van der Waals surface area contributed by atoms with E-state index in [1.807, 2.05) is 20.9 Å². The van der Waals surface area contributed by atoms with Gasteiger partial charge in [0.05, 0.1) is 17.7 Å². The van der Waals surface area contributed by atoms with Gasteiger partial charge in [-0.15, -0.1) is 0 Å². The number of rotatable bonds is 6. The summed E-state index contributed by atoms with van der Waals surface area (Å²) in [6.07, 6.45) is -7.03. The standard InChI is InChI=1S/C13H11BrF3NO7.C5H13NO.H4NO/c14-6-1-5-2-7(11(19)23-4-24-18)10(12(15,16)17)25-9(5)8(3-6)13(20,21)22;1-5(2,4-7)6-3;1-2/h1-3,10,20-22H,4,18H2;6-7H,4H2,1-3H3;2H,1H3/q;;+1. The van der Waals surface area contributed by atoms with Crippen LogP contribution < -0.4 is 21.8 Å². The quantitative estimate of drug-likeness (QED) is 0.121. The van der Waals surface area contributed by atoms with Crippen LogP contribution in [0.4, 0.5) is 13.2 Å². The molecule has 1 aliphatic heterocycles. The number of quaternary nitrogens is 1. The molecule has 1 atom stereocenters. The maximum Gasteiger partial charge on any atom is 0.430 e. The zero-order valence-corrected chi connectivity index (χ0v) is 20.0. The minimum atomic E-state index is -5.04. The SMILES string of the molecule is CNC(C)(C)CO.NOCOC(=O)C1=Cc2cc(Br)cc(C(O)(O)O)c2OC1C(F)(F)F.[NH3+]O. The molecule has 2 rings (SSSR count). The summed E-state index contributed by atoms with van der Waals surface area (Å²) in [6, 6.07) is 2.19. The van der Waals surface area contributed by atoms with Crippen LogP contribution in [0.25, 0.3) is 6.08 Å². The Kier molecular flexibility index (Phi) is 12.6. The summed E-state index contributed by atoms with van der Waals surface area (Å²) >= 11 is 2.99. The van der Waals surface area contributed by atoms with E-state index in [1.165, 1.54) is 6.07 Å². The second kappa shape index (κ2) is 13.3. The van der Waals surface area contributed by atoms with Gasteiger partial charge in [0.1, 0.15) is 5.75 Å². The Morgan fingerprint density at radius 1 is 1.26 bits per heavy atom. The minimum Gasteiger partial charge on any atom is -0.475 e. The van der Waals surface area contributed by atoms with Gasteiger partial charge in [0.15, 0.2) is 0 Å². The first kappa shape index (κ1) is 32.1. The molecule has 0 radical (unpaired) electrons. The van der Waals surface area contributed by atoms with Crippen molar-refractivity contribution in [3.8, 4) is 5.75 Å². The Morgan fingerprint density at radius 3 is 2.21 bits per heavy atom. The third-order valence-corrected chi connectivity index (χ3v) is 4.59. The van der Waals surface area contributed by atoms with Crippen LogP contribution in [-0.4, -0.2) is 69.9 Å². The molecule has 0 bridgehead atoms. The highest BCUT2D eigenvalue weighted by atomic mass is 79.9. The molecule has 12 nitrogen and oxygen atoms in total. The molecule has 196 valence electrons. The molecule has 1 heterocycles. The number of ether oxygens (including phenoxy) is 2. The van der Waals surface area contributed by atoms with E-state index in [9.17, 15) is 33.3 Å². The molecule has 1 aromatic rings. The van der Waals surface area contributed by atoms with Crippen molar-refractivity contribution in [3.63, 3.8) is 0 Å². The lowest BCUT2D eigenvalue weighted by Crippen LogP contribution is -2.42. The Balaban J connectivity index is 0.00000104. The van der Waals surface area contributed by atoms with Gasteiger partial charge in [-0.25, -0.2) is 21.8 Å². The smallest absolute Gasteiger partial charge is 0.430 e. The molecule has 1 unspecified atom stereocenters. The lowest BCUT2D eigenvalue weighted by molar-refractivity contribution is -0.670. The van der Waals surface area contributed by atoms with Crippen LogP contribution in [0.1, 0.15) is 25.0 Å². The number of fused-ring (bicyclic) bond motifs is 1. The maximum atomic E-state index is 13.2. The van der Waals surface area contributed by atoms with Crippen molar-refractivity contribution in [1.82, 2.24) is 5.32 Å². The van der Waals surface area contributed by atoms with E-state index in [-0.39, 0.29) is 22.2 Å². The molecule has 11 N–H and O–H groups in total. The Bertz CT molecular complexity index is 840. The number of likely N-dealkylation sites (N-methyl/N-ethyl adjacent to an activating group) is 1. The molecule has 0 saturated carbocycles. The third-order valence-electron chi connectivity index (χ3n) is 4.14. The molecule has 34 heavy (non-hydrogen) atoms. The van der Waals surface area contributed by atoms with Gasteiger partial charge >= 0.3 is 18.1 Å². The molecule has 0 spiro atoms. The molecule has 0 fully saturated rings. The molecule has 1 aliphatic rings. The highest BCUT2D eigenvalue weighted by Gasteiger charge is 2.50. The molecule has 0 aromatic heterocycles. The predicted octanol–water partition coefficient (Wildman–Crippen LogP) is -0.772. The number of alkyl halides is 3.